The Labute approximate surface area is 137 Å². The molecular formula is C20H23NO2. The van der Waals surface area contributed by atoms with Crippen molar-refractivity contribution in [2.75, 3.05) is 13.1 Å². The molecule has 0 saturated carbocycles. The molecule has 0 bridgehead atoms. The average Bonchev–Trinajstić information content (AvgIpc) is 2.88. The largest absolute Gasteiger partial charge is 0.425 e. The Kier molecular flexibility index (Phi) is 4.77. The van der Waals surface area contributed by atoms with E-state index in [1.807, 2.05) is 54.6 Å². The van der Waals surface area contributed by atoms with Crippen molar-refractivity contribution in [2.45, 2.75) is 31.6 Å². The van der Waals surface area contributed by atoms with Crippen molar-refractivity contribution in [3.8, 4) is 5.75 Å². The van der Waals surface area contributed by atoms with Gasteiger partial charge in [0.2, 0.25) is 0 Å². The van der Waals surface area contributed by atoms with Gasteiger partial charge in [0.05, 0.1) is 0 Å². The lowest BCUT2D eigenvalue weighted by Gasteiger charge is -2.27. The van der Waals surface area contributed by atoms with Gasteiger partial charge in [0, 0.05) is 5.56 Å². The van der Waals surface area contributed by atoms with Crippen molar-refractivity contribution < 1.29 is 9.53 Å². The van der Waals surface area contributed by atoms with E-state index in [-0.39, 0.29) is 5.97 Å². The molecule has 0 saturated heterocycles. The summed E-state index contributed by atoms with van der Waals surface area (Å²) in [6.07, 6.45) is 3.03. The number of nitrogens with one attached hydrogen (secondary N) is 1. The summed E-state index contributed by atoms with van der Waals surface area (Å²) in [5.41, 5.74) is 1.29. The Morgan fingerprint density at radius 2 is 1.74 bits per heavy atom. The van der Waals surface area contributed by atoms with Gasteiger partial charge in [0.1, 0.15) is 11.2 Å². The molecular weight excluding hydrogens is 286 g/mol. The van der Waals surface area contributed by atoms with Crippen LogP contribution in [0, 0.1) is 0 Å². The smallest absolute Gasteiger partial charge is 0.326 e. The van der Waals surface area contributed by atoms with Gasteiger partial charge in [0.15, 0.2) is 0 Å². The number of carbonyl (C=O) groups is 1. The lowest BCUT2D eigenvalue weighted by molar-refractivity contribution is -0.137. The maximum atomic E-state index is 12.8. The predicted molar refractivity (Wildman–Crippen MR) is 91.7 cm³/mol. The first-order valence-electron chi connectivity index (χ1n) is 8.37. The summed E-state index contributed by atoms with van der Waals surface area (Å²) < 4.78 is 5.59. The Balaban J connectivity index is 1.94. The molecule has 120 valence electrons. The molecule has 1 aliphatic heterocycles. The molecule has 3 rings (SSSR count). The van der Waals surface area contributed by atoms with Crippen LogP contribution in [0.15, 0.2) is 54.6 Å². The van der Waals surface area contributed by atoms with E-state index in [2.05, 4.69) is 12.2 Å². The minimum absolute atomic E-state index is 0.165. The van der Waals surface area contributed by atoms with E-state index >= 15 is 0 Å². The minimum atomic E-state index is -0.697. The van der Waals surface area contributed by atoms with Crippen LogP contribution in [-0.4, -0.2) is 19.1 Å². The number of benzene rings is 2. The van der Waals surface area contributed by atoms with Crippen LogP contribution in [0.1, 0.15) is 37.3 Å². The number of para-hydroxylation sites is 1. The zero-order valence-electron chi connectivity index (χ0n) is 13.5. The Bertz CT molecular complexity index is 668. The van der Waals surface area contributed by atoms with Crippen LogP contribution in [-0.2, 0) is 10.2 Å². The summed E-state index contributed by atoms with van der Waals surface area (Å²) in [5, 5.41) is 3.45. The summed E-state index contributed by atoms with van der Waals surface area (Å²) >= 11 is 0. The normalized spacial score (nSPS) is 19.4. The number of rotatable bonds is 7. The Morgan fingerprint density at radius 3 is 2.52 bits per heavy atom. The minimum Gasteiger partial charge on any atom is -0.425 e. The van der Waals surface area contributed by atoms with Gasteiger partial charge in [-0.3, -0.25) is 4.79 Å². The third kappa shape index (κ3) is 2.89. The van der Waals surface area contributed by atoms with E-state index < -0.39 is 5.41 Å². The molecule has 3 heteroatoms. The number of ether oxygens (including phenoxy) is 1. The molecule has 2 aromatic rings. The van der Waals surface area contributed by atoms with Crippen LogP contribution in [0.2, 0.25) is 0 Å². The van der Waals surface area contributed by atoms with Gasteiger partial charge in [-0.1, -0.05) is 61.9 Å². The monoisotopic (exact) mass is 309 g/mol. The number of hydrogen-bond acceptors (Lipinski definition) is 3. The van der Waals surface area contributed by atoms with E-state index in [0.717, 1.165) is 30.6 Å². The molecule has 0 aliphatic carbocycles. The molecule has 0 spiro atoms. The van der Waals surface area contributed by atoms with Crippen LogP contribution in [0.4, 0.5) is 0 Å². The Morgan fingerprint density at radius 1 is 1.00 bits per heavy atom. The number of esters is 1. The lowest BCUT2D eigenvalue weighted by Crippen LogP contribution is -2.38. The third-order valence-electron chi connectivity index (χ3n) is 4.55. The topological polar surface area (TPSA) is 38.3 Å². The first-order valence-corrected chi connectivity index (χ1v) is 8.37. The Hall–Kier alpha value is -2.13. The van der Waals surface area contributed by atoms with Gasteiger partial charge in [-0.05, 0) is 37.6 Å². The number of unbranched alkanes of at least 4 members (excludes halogenated alkanes) is 1. The fraction of sp³-hybridized carbons (Fsp3) is 0.350. The quantitative estimate of drug-likeness (QED) is 0.482. The van der Waals surface area contributed by atoms with Gasteiger partial charge < -0.3 is 10.1 Å². The predicted octanol–water partition coefficient (Wildman–Crippen LogP) is 3.67. The highest BCUT2D eigenvalue weighted by molar-refractivity contribution is 5.94. The molecule has 3 nitrogen and oxygen atoms in total. The summed E-state index contributed by atoms with van der Waals surface area (Å²) in [6, 6.07) is 17.8. The number of carbonyl (C=O) groups excluding carboxylic acids is 1. The molecule has 1 heterocycles. The molecule has 1 atom stereocenters. The van der Waals surface area contributed by atoms with Gasteiger partial charge in [-0.2, -0.15) is 0 Å². The van der Waals surface area contributed by atoms with E-state index in [4.69, 9.17) is 4.74 Å². The second kappa shape index (κ2) is 6.97. The van der Waals surface area contributed by atoms with Crippen LogP contribution in [0.25, 0.3) is 0 Å². The zero-order valence-corrected chi connectivity index (χ0v) is 13.5. The summed E-state index contributed by atoms with van der Waals surface area (Å²) in [4.78, 5) is 12.8. The number of hydrogen-bond donors (Lipinski definition) is 1. The standard InChI is InChI=1S/C20H23NO2/c1-2-3-14-21-15-13-20(16-9-5-4-6-10-16)17-11-7-8-12-18(17)23-19(20)22/h4-12,21H,2-3,13-15H2,1H3/t20-/m0/s1. The molecule has 2 aromatic carbocycles. The maximum absolute atomic E-state index is 12.8. The van der Waals surface area contributed by atoms with Crippen molar-refractivity contribution in [1.29, 1.82) is 0 Å². The summed E-state index contributed by atoms with van der Waals surface area (Å²) in [5.74, 6) is 0.525. The van der Waals surface area contributed by atoms with E-state index in [0.29, 0.717) is 12.2 Å². The molecule has 0 amide bonds. The summed E-state index contributed by atoms with van der Waals surface area (Å²) in [7, 11) is 0. The number of fused-ring (bicyclic) bond motifs is 1. The van der Waals surface area contributed by atoms with E-state index in [1.54, 1.807) is 0 Å². The highest BCUT2D eigenvalue weighted by Crippen LogP contribution is 2.46. The van der Waals surface area contributed by atoms with E-state index in [1.165, 1.54) is 6.42 Å². The van der Waals surface area contributed by atoms with E-state index in [9.17, 15) is 4.79 Å². The average molecular weight is 309 g/mol. The van der Waals surface area contributed by atoms with Crippen molar-refractivity contribution in [3.63, 3.8) is 0 Å². The van der Waals surface area contributed by atoms with Gasteiger partial charge in [-0.25, -0.2) is 0 Å². The lowest BCUT2D eigenvalue weighted by atomic mass is 9.73. The zero-order chi connectivity index (χ0) is 16.1. The van der Waals surface area contributed by atoms with Crippen molar-refractivity contribution in [2.24, 2.45) is 0 Å². The fourth-order valence-corrected chi connectivity index (χ4v) is 3.28. The van der Waals surface area contributed by atoms with Gasteiger partial charge in [0.25, 0.3) is 0 Å². The highest BCUT2D eigenvalue weighted by Gasteiger charge is 2.49. The summed E-state index contributed by atoms with van der Waals surface area (Å²) in [6.45, 7) is 3.95. The van der Waals surface area contributed by atoms with Crippen LogP contribution >= 0.6 is 0 Å². The highest BCUT2D eigenvalue weighted by atomic mass is 16.5. The maximum Gasteiger partial charge on any atom is 0.326 e. The van der Waals surface area contributed by atoms with Gasteiger partial charge >= 0.3 is 5.97 Å². The second-order valence-electron chi connectivity index (χ2n) is 6.01. The van der Waals surface area contributed by atoms with Crippen molar-refractivity contribution in [3.05, 3.63) is 65.7 Å². The van der Waals surface area contributed by atoms with Crippen molar-refractivity contribution in [1.82, 2.24) is 5.32 Å². The first kappa shape index (κ1) is 15.8. The second-order valence-corrected chi connectivity index (χ2v) is 6.01. The molecule has 0 fully saturated rings. The molecule has 1 aliphatic rings. The SMILES string of the molecule is CCCCNCC[C@@]1(c2ccccc2)C(=O)Oc2ccccc21. The van der Waals surface area contributed by atoms with Gasteiger partial charge in [-0.15, -0.1) is 0 Å². The van der Waals surface area contributed by atoms with Crippen LogP contribution < -0.4 is 10.1 Å². The first-order chi connectivity index (χ1) is 11.3. The fourth-order valence-electron chi connectivity index (χ4n) is 3.28. The molecule has 0 unspecified atom stereocenters. The molecule has 1 N–H and O–H groups in total. The van der Waals surface area contributed by atoms with Crippen LogP contribution in [0.3, 0.4) is 0 Å². The van der Waals surface area contributed by atoms with Crippen LogP contribution in [0.5, 0.6) is 5.75 Å². The molecule has 0 radical (unpaired) electrons. The molecule has 0 aromatic heterocycles. The molecule has 23 heavy (non-hydrogen) atoms. The van der Waals surface area contributed by atoms with Crippen molar-refractivity contribution >= 4 is 5.97 Å². The third-order valence-corrected chi connectivity index (χ3v) is 4.55.